The van der Waals surface area contributed by atoms with Gasteiger partial charge in [-0.15, -0.1) is 5.10 Å². The summed E-state index contributed by atoms with van der Waals surface area (Å²) in [7, 11) is 1.63. The number of amides is 1. The number of hydrogen-bond donors (Lipinski definition) is 1. The fourth-order valence-corrected chi connectivity index (χ4v) is 2.63. The molecule has 0 saturated carbocycles. The van der Waals surface area contributed by atoms with Gasteiger partial charge in [-0.1, -0.05) is 48.5 Å². The Bertz CT molecular complexity index is 809. The van der Waals surface area contributed by atoms with Crippen LogP contribution in [0.25, 0.3) is 17.1 Å². The molecule has 0 radical (unpaired) electrons. The third-order valence-electron chi connectivity index (χ3n) is 4.03. The lowest BCUT2D eigenvalue weighted by atomic mass is 10.2. The molecule has 0 fully saturated rings. The zero-order valence-corrected chi connectivity index (χ0v) is 15.9. The van der Waals surface area contributed by atoms with Crippen LogP contribution >= 0.6 is 0 Å². The van der Waals surface area contributed by atoms with Crippen LogP contribution in [0.15, 0.2) is 60.7 Å². The second-order valence-corrected chi connectivity index (χ2v) is 6.09. The van der Waals surface area contributed by atoms with Gasteiger partial charge in [0.1, 0.15) is 0 Å². The molecule has 0 spiro atoms. The molecule has 3 rings (SSSR count). The van der Waals surface area contributed by atoms with E-state index in [9.17, 15) is 4.79 Å². The summed E-state index contributed by atoms with van der Waals surface area (Å²) in [5.74, 6) is 0.464. The average Bonchev–Trinajstić information content (AvgIpc) is 3.20. The Morgan fingerprint density at radius 1 is 1.00 bits per heavy atom. The maximum atomic E-state index is 12.5. The van der Waals surface area contributed by atoms with Gasteiger partial charge in [-0.25, -0.2) is 9.67 Å². The van der Waals surface area contributed by atoms with Crippen LogP contribution in [0.1, 0.15) is 17.0 Å². The summed E-state index contributed by atoms with van der Waals surface area (Å²) in [5.41, 5.74) is 1.74. The lowest BCUT2D eigenvalue weighted by Crippen LogP contribution is -2.26. The van der Waals surface area contributed by atoms with Crippen molar-refractivity contribution in [3.63, 3.8) is 0 Å². The molecule has 0 aliphatic heterocycles. The molecule has 7 nitrogen and oxygen atoms in total. The normalized spacial score (nSPS) is 10.8. The molecule has 3 aromatic rings. The second-order valence-electron chi connectivity index (χ2n) is 6.09. The van der Waals surface area contributed by atoms with Crippen LogP contribution < -0.4 is 5.32 Å². The van der Waals surface area contributed by atoms with Gasteiger partial charge in [0, 0.05) is 25.8 Å². The number of nitrogens with zero attached hydrogens (tertiary/aromatic N) is 3. The van der Waals surface area contributed by atoms with Crippen LogP contribution in [0.4, 0.5) is 0 Å². The number of benzene rings is 2. The van der Waals surface area contributed by atoms with E-state index in [1.165, 1.54) is 0 Å². The van der Waals surface area contributed by atoms with Crippen molar-refractivity contribution in [3.8, 4) is 17.1 Å². The first-order chi connectivity index (χ1) is 13.8. The number of hydrogen-bond acceptors (Lipinski definition) is 5. The van der Waals surface area contributed by atoms with Crippen LogP contribution in [0.5, 0.6) is 0 Å². The SMILES string of the molecule is COCCOCCCNC(=O)c1nc(-c2ccccc2)n(-c2ccccc2)n1. The lowest BCUT2D eigenvalue weighted by Gasteiger charge is -2.05. The maximum Gasteiger partial charge on any atom is 0.290 e. The average molecular weight is 380 g/mol. The van der Waals surface area contributed by atoms with Crippen LogP contribution in [-0.4, -0.2) is 54.1 Å². The molecule has 0 unspecified atom stereocenters. The van der Waals surface area contributed by atoms with Crippen molar-refractivity contribution in [1.82, 2.24) is 20.1 Å². The van der Waals surface area contributed by atoms with Crippen molar-refractivity contribution in [3.05, 3.63) is 66.5 Å². The predicted octanol–water partition coefficient (Wildman–Crippen LogP) is 2.72. The monoisotopic (exact) mass is 380 g/mol. The topological polar surface area (TPSA) is 78.3 Å². The zero-order valence-electron chi connectivity index (χ0n) is 15.9. The molecule has 7 heteroatoms. The molecule has 1 amide bonds. The van der Waals surface area contributed by atoms with E-state index in [0.29, 0.717) is 38.6 Å². The van der Waals surface area contributed by atoms with Crippen LogP contribution in [0, 0.1) is 0 Å². The van der Waals surface area contributed by atoms with Crippen molar-refractivity contribution >= 4 is 5.91 Å². The minimum absolute atomic E-state index is 0.142. The fourth-order valence-electron chi connectivity index (χ4n) is 2.63. The third-order valence-corrected chi connectivity index (χ3v) is 4.03. The molecule has 0 atom stereocenters. The van der Waals surface area contributed by atoms with E-state index in [-0.39, 0.29) is 11.7 Å². The summed E-state index contributed by atoms with van der Waals surface area (Å²) in [4.78, 5) is 17.0. The summed E-state index contributed by atoms with van der Waals surface area (Å²) < 4.78 is 12.0. The number of rotatable bonds is 10. The smallest absolute Gasteiger partial charge is 0.290 e. The Morgan fingerprint density at radius 2 is 1.71 bits per heavy atom. The highest BCUT2D eigenvalue weighted by molar-refractivity contribution is 5.91. The minimum Gasteiger partial charge on any atom is -0.382 e. The van der Waals surface area contributed by atoms with Gasteiger partial charge in [0.2, 0.25) is 5.82 Å². The summed E-state index contributed by atoms with van der Waals surface area (Å²) >= 11 is 0. The van der Waals surface area contributed by atoms with Gasteiger partial charge in [0.25, 0.3) is 5.91 Å². The van der Waals surface area contributed by atoms with Gasteiger partial charge in [-0.05, 0) is 18.6 Å². The Balaban J connectivity index is 1.70. The Hall–Kier alpha value is -3.03. The quantitative estimate of drug-likeness (QED) is 0.547. The standard InChI is InChI=1S/C21H24N4O3/c1-27-15-16-28-14-8-13-22-21(26)19-23-20(17-9-4-2-5-10-17)25(24-19)18-11-6-3-7-12-18/h2-7,9-12H,8,13-16H2,1H3,(H,22,26). The lowest BCUT2D eigenvalue weighted by molar-refractivity contribution is 0.0688. The molecular weight excluding hydrogens is 356 g/mol. The van der Waals surface area contributed by atoms with Gasteiger partial charge >= 0.3 is 0 Å². The molecule has 1 heterocycles. The van der Waals surface area contributed by atoms with E-state index in [2.05, 4.69) is 15.4 Å². The van der Waals surface area contributed by atoms with E-state index >= 15 is 0 Å². The Kier molecular flexibility index (Phi) is 7.29. The van der Waals surface area contributed by atoms with Gasteiger partial charge in [-0.3, -0.25) is 4.79 Å². The van der Waals surface area contributed by atoms with Crippen molar-refractivity contribution in [2.75, 3.05) is 33.5 Å². The number of nitrogens with one attached hydrogen (secondary N) is 1. The molecule has 28 heavy (non-hydrogen) atoms. The summed E-state index contributed by atoms with van der Waals surface area (Å²) in [6.45, 7) is 2.17. The molecule has 0 aliphatic rings. The van der Waals surface area contributed by atoms with Crippen molar-refractivity contribution in [2.24, 2.45) is 0 Å². The maximum absolute atomic E-state index is 12.5. The van der Waals surface area contributed by atoms with Gasteiger partial charge in [-0.2, -0.15) is 0 Å². The largest absolute Gasteiger partial charge is 0.382 e. The van der Waals surface area contributed by atoms with Gasteiger partial charge in [0.15, 0.2) is 5.82 Å². The molecule has 1 aromatic heterocycles. The van der Waals surface area contributed by atoms with Gasteiger partial charge < -0.3 is 14.8 Å². The highest BCUT2D eigenvalue weighted by atomic mass is 16.5. The molecule has 1 N–H and O–H groups in total. The Labute approximate surface area is 164 Å². The van der Waals surface area contributed by atoms with E-state index in [1.807, 2.05) is 60.7 Å². The highest BCUT2D eigenvalue weighted by Gasteiger charge is 2.18. The number of para-hydroxylation sites is 1. The highest BCUT2D eigenvalue weighted by Crippen LogP contribution is 2.20. The fraction of sp³-hybridized carbons (Fsp3) is 0.286. The zero-order chi connectivity index (χ0) is 19.6. The molecule has 0 saturated heterocycles. The summed E-state index contributed by atoms with van der Waals surface area (Å²) in [6.07, 6.45) is 0.709. The Morgan fingerprint density at radius 3 is 2.43 bits per heavy atom. The summed E-state index contributed by atoms with van der Waals surface area (Å²) in [6, 6.07) is 19.3. The van der Waals surface area contributed by atoms with Crippen LogP contribution in [0.2, 0.25) is 0 Å². The molecule has 146 valence electrons. The third kappa shape index (κ3) is 5.25. The van der Waals surface area contributed by atoms with Crippen LogP contribution in [-0.2, 0) is 9.47 Å². The van der Waals surface area contributed by atoms with E-state index < -0.39 is 0 Å². The number of ether oxygens (including phenoxy) is 2. The number of methoxy groups -OCH3 is 1. The molecular formula is C21H24N4O3. The van der Waals surface area contributed by atoms with Crippen molar-refractivity contribution in [1.29, 1.82) is 0 Å². The van der Waals surface area contributed by atoms with Crippen molar-refractivity contribution < 1.29 is 14.3 Å². The van der Waals surface area contributed by atoms with E-state index in [0.717, 1.165) is 11.3 Å². The first kappa shape index (κ1) is 19.7. The molecule has 0 aliphatic carbocycles. The second kappa shape index (κ2) is 10.3. The first-order valence-corrected chi connectivity index (χ1v) is 9.22. The van der Waals surface area contributed by atoms with Gasteiger partial charge in [0.05, 0.1) is 18.9 Å². The molecule has 2 aromatic carbocycles. The predicted molar refractivity (Wildman–Crippen MR) is 106 cm³/mol. The number of carbonyl (C=O) groups excluding carboxylic acids is 1. The first-order valence-electron chi connectivity index (χ1n) is 9.22. The summed E-state index contributed by atoms with van der Waals surface area (Å²) in [5, 5.41) is 7.29. The van der Waals surface area contributed by atoms with Crippen LogP contribution in [0.3, 0.4) is 0 Å². The van der Waals surface area contributed by atoms with Crippen molar-refractivity contribution in [2.45, 2.75) is 6.42 Å². The van der Waals surface area contributed by atoms with E-state index in [4.69, 9.17) is 9.47 Å². The van der Waals surface area contributed by atoms with E-state index in [1.54, 1.807) is 11.8 Å². The number of carbonyl (C=O) groups is 1. The molecule has 0 bridgehead atoms. The number of aromatic nitrogens is 3. The minimum atomic E-state index is -0.302.